The molecule has 1 rings (SSSR count). The Balaban J connectivity index is 2.30. The highest BCUT2D eigenvalue weighted by Crippen LogP contribution is 2.32. The van der Waals surface area contributed by atoms with Crippen molar-refractivity contribution in [2.45, 2.75) is 142 Å². The standard InChI is InChI=1S/C27H49NO5/c1-3-5-7-9-10-11-12-13-14-15-16-18-23(32-26(30)21-28-22-29)20-25-24(27(31)33-25)19-17-8-6-4-2/h22-25H,3-21H2,1-2H3,(H,28,29)/t23?,24-,25-/m0/s1. The minimum absolute atomic E-state index is 0.0616. The molecule has 1 amide bonds. The van der Waals surface area contributed by atoms with Crippen molar-refractivity contribution in [1.29, 1.82) is 0 Å². The van der Waals surface area contributed by atoms with Crippen molar-refractivity contribution in [3.63, 3.8) is 0 Å². The molecule has 0 radical (unpaired) electrons. The molecule has 0 aliphatic carbocycles. The first-order valence-corrected chi connectivity index (χ1v) is 13.7. The Kier molecular flexibility index (Phi) is 17.7. The molecule has 6 heteroatoms. The molecule has 1 N–H and O–H groups in total. The van der Waals surface area contributed by atoms with Gasteiger partial charge in [-0.05, 0) is 19.3 Å². The number of carbonyl (C=O) groups is 3. The number of nitrogens with one attached hydrogen (secondary N) is 1. The van der Waals surface area contributed by atoms with E-state index in [2.05, 4.69) is 19.2 Å². The summed E-state index contributed by atoms with van der Waals surface area (Å²) in [6.45, 7) is 4.30. The van der Waals surface area contributed by atoms with Crippen LogP contribution >= 0.6 is 0 Å². The number of carbonyl (C=O) groups excluding carboxylic acids is 3. The lowest BCUT2D eigenvalue weighted by atomic mass is 9.86. The fraction of sp³-hybridized carbons (Fsp3) is 0.889. The van der Waals surface area contributed by atoms with Crippen LogP contribution in [0.1, 0.15) is 129 Å². The normalized spacial score (nSPS) is 18.3. The fourth-order valence-corrected chi connectivity index (χ4v) is 4.58. The Bertz CT molecular complexity index is 525. The van der Waals surface area contributed by atoms with Gasteiger partial charge in [0.2, 0.25) is 6.41 Å². The van der Waals surface area contributed by atoms with E-state index < -0.39 is 5.97 Å². The number of hydrogen-bond acceptors (Lipinski definition) is 5. The van der Waals surface area contributed by atoms with Gasteiger partial charge >= 0.3 is 11.9 Å². The smallest absolute Gasteiger partial charge is 0.325 e. The van der Waals surface area contributed by atoms with Crippen LogP contribution in [0.4, 0.5) is 0 Å². The second-order valence-corrected chi connectivity index (χ2v) is 9.60. The van der Waals surface area contributed by atoms with Crippen LogP contribution in [-0.4, -0.2) is 37.1 Å². The van der Waals surface area contributed by atoms with E-state index in [1.54, 1.807) is 0 Å². The van der Waals surface area contributed by atoms with Gasteiger partial charge in [-0.3, -0.25) is 14.4 Å². The van der Waals surface area contributed by atoms with Crippen molar-refractivity contribution in [3.8, 4) is 0 Å². The average Bonchev–Trinajstić information content (AvgIpc) is 2.80. The van der Waals surface area contributed by atoms with Gasteiger partial charge in [-0.1, -0.05) is 104 Å². The van der Waals surface area contributed by atoms with Gasteiger partial charge in [-0.25, -0.2) is 0 Å². The van der Waals surface area contributed by atoms with E-state index in [0.29, 0.717) is 12.8 Å². The third-order valence-corrected chi connectivity index (χ3v) is 6.64. The summed E-state index contributed by atoms with van der Waals surface area (Å²) in [6, 6.07) is 0. The maximum atomic E-state index is 12.0. The molecule has 192 valence electrons. The van der Waals surface area contributed by atoms with E-state index >= 15 is 0 Å². The number of esters is 2. The summed E-state index contributed by atoms with van der Waals surface area (Å²) in [4.78, 5) is 34.4. The minimum Gasteiger partial charge on any atom is -0.461 e. The molecule has 1 saturated heterocycles. The number of unbranched alkanes of at least 4 members (excludes halogenated alkanes) is 13. The summed E-state index contributed by atoms with van der Waals surface area (Å²) in [5.74, 6) is -0.604. The second-order valence-electron chi connectivity index (χ2n) is 9.60. The first-order valence-electron chi connectivity index (χ1n) is 13.7. The van der Waals surface area contributed by atoms with Crippen LogP contribution < -0.4 is 5.32 Å². The molecular formula is C27H49NO5. The summed E-state index contributed by atoms with van der Waals surface area (Å²) in [5.41, 5.74) is 0. The molecule has 1 unspecified atom stereocenters. The lowest BCUT2D eigenvalue weighted by Gasteiger charge is -2.37. The molecule has 0 saturated carbocycles. The number of ether oxygens (including phenoxy) is 2. The Labute approximate surface area is 201 Å². The molecular weight excluding hydrogens is 418 g/mol. The van der Waals surface area contributed by atoms with Crippen molar-refractivity contribution in [1.82, 2.24) is 5.32 Å². The zero-order valence-electron chi connectivity index (χ0n) is 21.3. The molecule has 33 heavy (non-hydrogen) atoms. The number of hydrogen-bond donors (Lipinski definition) is 1. The largest absolute Gasteiger partial charge is 0.461 e. The quantitative estimate of drug-likeness (QED) is 0.109. The van der Waals surface area contributed by atoms with Crippen molar-refractivity contribution in [2.24, 2.45) is 5.92 Å². The Morgan fingerprint density at radius 1 is 0.909 bits per heavy atom. The van der Waals surface area contributed by atoms with Gasteiger partial charge in [-0.2, -0.15) is 0 Å². The predicted molar refractivity (Wildman–Crippen MR) is 132 cm³/mol. The summed E-state index contributed by atoms with van der Waals surface area (Å²) < 4.78 is 11.0. The van der Waals surface area contributed by atoms with Crippen LogP contribution in [0.2, 0.25) is 0 Å². The monoisotopic (exact) mass is 467 g/mol. The zero-order chi connectivity index (χ0) is 24.2. The lowest BCUT2D eigenvalue weighted by Crippen LogP contribution is -2.47. The van der Waals surface area contributed by atoms with Crippen LogP contribution in [-0.2, 0) is 23.9 Å². The highest BCUT2D eigenvalue weighted by molar-refractivity contribution is 5.78. The van der Waals surface area contributed by atoms with Crippen molar-refractivity contribution in [2.75, 3.05) is 6.54 Å². The van der Waals surface area contributed by atoms with Gasteiger partial charge in [0.15, 0.2) is 0 Å². The lowest BCUT2D eigenvalue weighted by molar-refractivity contribution is -0.190. The molecule has 1 fully saturated rings. The molecule has 1 aliphatic rings. The van der Waals surface area contributed by atoms with Gasteiger partial charge in [0.05, 0.1) is 5.92 Å². The fourth-order valence-electron chi connectivity index (χ4n) is 4.58. The van der Waals surface area contributed by atoms with Gasteiger partial charge in [0.25, 0.3) is 0 Å². The summed E-state index contributed by atoms with van der Waals surface area (Å²) >= 11 is 0. The Morgan fingerprint density at radius 3 is 2.00 bits per heavy atom. The Hall–Kier alpha value is -1.59. The molecule has 0 spiro atoms. The number of amides is 1. The molecule has 0 aromatic heterocycles. The SMILES string of the molecule is CCCCCCCCCCCCCC(C[C@@H]1OC(=O)[C@H]1CCCCCC)OC(=O)CNC=O. The van der Waals surface area contributed by atoms with E-state index in [4.69, 9.17) is 9.47 Å². The van der Waals surface area contributed by atoms with E-state index in [1.165, 1.54) is 70.6 Å². The van der Waals surface area contributed by atoms with Crippen LogP contribution in [0.15, 0.2) is 0 Å². The number of rotatable bonds is 23. The van der Waals surface area contributed by atoms with Gasteiger partial charge in [0.1, 0.15) is 18.8 Å². The van der Waals surface area contributed by atoms with E-state index in [0.717, 1.165) is 38.5 Å². The van der Waals surface area contributed by atoms with Crippen molar-refractivity contribution in [3.05, 3.63) is 0 Å². The Morgan fingerprint density at radius 2 is 1.45 bits per heavy atom. The van der Waals surface area contributed by atoms with Gasteiger partial charge in [-0.15, -0.1) is 0 Å². The first-order chi connectivity index (χ1) is 16.1. The maximum absolute atomic E-state index is 12.0. The van der Waals surface area contributed by atoms with E-state index in [1.807, 2.05) is 0 Å². The molecule has 0 bridgehead atoms. The third kappa shape index (κ3) is 14.3. The van der Waals surface area contributed by atoms with Crippen molar-refractivity contribution >= 4 is 18.3 Å². The third-order valence-electron chi connectivity index (χ3n) is 6.64. The summed E-state index contributed by atoms with van der Waals surface area (Å²) in [6.07, 6.45) is 20.8. The predicted octanol–water partition coefficient (Wildman–Crippen LogP) is 6.25. The minimum atomic E-state index is -0.430. The zero-order valence-corrected chi connectivity index (χ0v) is 21.3. The second kappa shape index (κ2) is 19.8. The van der Waals surface area contributed by atoms with Crippen LogP contribution in [0.5, 0.6) is 0 Å². The van der Waals surface area contributed by atoms with Crippen molar-refractivity contribution < 1.29 is 23.9 Å². The first kappa shape index (κ1) is 29.4. The van der Waals surface area contributed by atoms with Crippen LogP contribution in [0.25, 0.3) is 0 Å². The highest BCUT2D eigenvalue weighted by Gasteiger charge is 2.43. The average molecular weight is 468 g/mol. The van der Waals surface area contributed by atoms with Gasteiger partial charge < -0.3 is 14.8 Å². The maximum Gasteiger partial charge on any atom is 0.325 e. The molecule has 1 heterocycles. The molecule has 3 atom stereocenters. The topological polar surface area (TPSA) is 81.7 Å². The summed E-state index contributed by atoms with van der Waals surface area (Å²) in [7, 11) is 0. The highest BCUT2D eigenvalue weighted by atomic mass is 16.6. The van der Waals surface area contributed by atoms with E-state index in [-0.39, 0.29) is 30.6 Å². The van der Waals surface area contributed by atoms with Crippen LogP contribution in [0, 0.1) is 5.92 Å². The molecule has 0 aromatic rings. The molecule has 1 aliphatic heterocycles. The summed E-state index contributed by atoms with van der Waals surface area (Å²) in [5, 5.41) is 2.36. The molecule has 0 aromatic carbocycles. The molecule has 6 nitrogen and oxygen atoms in total. The number of cyclic esters (lactones) is 1. The van der Waals surface area contributed by atoms with Gasteiger partial charge in [0, 0.05) is 6.42 Å². The van der Waals surface area contributed by atoms with E-state index in [9.17, 15) is 14.4 Å². The van der Waals surface area contributed by atoms with Crippen LogP contribution in [0.3, 0.4) is 0 Å².